The molecule has 8 nitrogen and oxygen atoms in total. The zero-order chi connectivity index (χ0) is 37.0. The summed E-state index contributed by atoms with van der Waals surface area (Å²) in [6.45, 7) is 0. The minimum Gasteiger partial charge on any atom is -0.545 e. The van der Waals surface area contributed by atoms with Crippen LogP contribution in [0.3, 0.4) is 0 Å². The van der Waals surface area contributed by atoms with Gasteiger partial charge in [0, 0.05) is 0 Å². The first kappa shape index (κ1) is 39.1. The maximum absolute atomic E-state index is 10.5. The van der Waals surface area contributed by atoms with Crippen LogP contribution in [0.15, 0.2) is 170 Å². The molecule has 0 aromatic heterocycles. The Balaban J connectivity index is 0.000000157. The molecule has 0 aliphatic rings. The fourth-order valence-electron chi connectivity index (χ4n) is 5.27. The standard InChI is InChI=1S/4C11H8O2.V/c4*12-11(13)10-6-5-8-3-1-2-4-9(8)7-10;/h4*1-7H,(H,12,13);/q;;;;+4/p-4. The summed E-state index contributed by atoms with van der Waals surface area (Å²) >= 11 is 0. The van der Waals surface area contributed by atoms with Gasteiger partial charge in [0.25, 0.3) is 0 Å². The number of hydrogen-bond acceptors (Lipinski definition) is 8. The van der Waals surface area contributed by atoms with Crippen molar-refractivity contribution in [1.82, 2.24) is 0 Å². The zero-order valence-electron chi connectivity index (χ0n) is 27.9. The summed E-state index contributed by atoms with van der Waals surface area (Å²) in [5.41, 5.74) is 0.884. The average molecular weight is 736 g/mol. The van der Waals surface area contributed by atoms with Gasteiger partial charge in [-0.05, 0) is 89.6 Å². The van der Waals surface area contributed by atoms with Gasteiger partial charge in [0.1, 0.15) is 0 Å². The molecule has 0 unspecified atom stereocenters. The molecule has 0 atom stereocenters. The summed E-state index contributed by atoms with van der Waals surface area (Å²) in [7, 11) is 0. The summed E-state index contributed by atoms with van der Waals surface area (Å²) in [6, 6.07) is 50.2. The van der Waals surface area contributed by atoms with E-state index in [1.807, 2.05) is 97.1 Å². The van der Waals surface area contributed by atoms with Crippen molar-refractivity contribution in [1.29, 1.82) is 0 Å². The average Bonchev–Trinajstić information content (AvgIpc) is 3.17. The maximum Gasteiger partial charge on any atom is 4.00 e. The van der Waals surface area contributed by atoms with Gasteiger partial charge >= 0.3 is 18.6 Å². The molecule has 8 rings (SSSR count). The number of carbonyl (C=O) groups excluding carboxylic acids is 4. The van der Waals surface area contributed by atoms with Crippen LogP contribution in [0.4, 0.5) is 0 Å². The van der Waals surface area contributed by atoms with Crippen LogP contribution in [0.5, 0.6) is 0 Å². The summed E-state index contributed by atoms with van der Waals surface area (Å²) in [5, 5.41) is 50.0. The Kier molecular flexibility index (Phi) is 13.6. The van der Waals surface area contributed by atoms with Crippen LogP contribution in [0.2, 0.25) is 0 Å². The molecule has 0 fully saturated rings. The predicted molar refractivity (Wildman–Crippen MR) is 193 cm³/mol. The molecule has 0 N–H and O–H groups in total. The molecule has 9 heteroatoms. The van der Waals surface area contributed by atoms with Crippen molar-refractivity contribution in [3.05, 3.63) is 192 Å². The fourth-order valence-corrected chi connectivity index (χ4v) is 5.27. The molecule has 0 aliphatic heterocycles. The second-order valence-electron chi connectivity index (χ2n) is 11.4. The van der Waals surface area contributed by atoms with E-state index in [2.05, 4.69) is 0 Å². The number of carboxylic acid groups (broad SMARTS) is 4. The van der Waals surface area contributed by atoms with Crippen LogP contribution >= 0.6 is 0 Å². The van der Waals surface area contributed by atoms with Crippen molar-refractivity contribution in [2.75, 3.05) is 0 Å². The van der Waals surface area contributed by atoms with E-state index in [-0.39, 0.29) is 40.8 Å². The van der Waals surface area contributed by atoms with Crippen LogP contribution < -0.4 is 20.4 Å². The third-order valence-electron chi connectivity index (χ3n) is 7.94. The van der Waals surface area contributed by atoms with Gasteiger partial charge in [-0.2, -0.15) is 0 Å². The molecule has 0 heterocycles. The molecule has 8 aromatic rings. The number of aromatic carboxylic acids is 4. The zero-order valence-corrected chi connectivity index (χ0v) is 29.3. The largest absolute Gasteiger partial charge is 4.00 e. The third kappa shape index (κ3) is 10.6. The number of benzene rings is 8. The number of fused-ring (bicyclic) bond motifs is 4. The van der Waals surface area contributed by atoms with Crippen molar-refractivity contribution < 1.29 is 58.2 Å². The van der Waals surface area contributed by atoms with E-state index >= 15 is 0 Å². The number of rotatable bonds is 4. The molecule has 0 spiro atoms. The molecular formula is C44H28O8V. The van der Waals surface area contributed by atoms with Crippen LogP contribution in [-0.2, 0) is 18.6 Å². The van der Waals surface area contributed by atoms with Crippen molar-refractivity contribution in [3.8, 4) is 0 Å². The van der Waals surface area contributed by atoms with Gasteiger partial charge in [-0.25, -0.2) is 0 Å². The maximum atomic E-state index is 10.5. The minimum atomic E-state index is -1.13. The van der Waals surface area contributed by atoms with Gasteiger partial charge in [-0.3, -0.25) is 0 Å². The van der Waals surface area contributed by atoms with Crippen molar-refractivity contribution >= 4 is 67.0 Å². The van der Waals surface area contributed by atoms with Crippen LogP contribution in [0.25, 0.3) is 43.1 Å². The quantitative estimate of drug-likeness (QED) is 0.249. The van der Waals surface area contributed by atoms with Crippen LogP contribution in [0, 0.1) is 0 Å². The molecule has 257 valence electrons. The van der Waals surface area contributed by atoms with Gasteiger partial charge < -0.3 is 39.6 Å². The van der Waals surface area contributed by atoms with Gasteiger partial charge in [0.05, 0.1) is 23.9 Å². The van der Waals surface area contributed by atoms with Crippen molar-refractivity contribution in [2.24, 2.45) is 0 Å². The Labute approximate surface area is 316 Å². The first-order valence-corrected chi connectivity index (χ1v) is 15.9. The van der Waals surface area contributed by atoms with E-state index in [9.17, 15) is 39.6 Å². The Morgan fingerprint density at radius 2 is 0.434 bits per heavy atom. The van der Waals surface area contributed by atoms with Gasteiger partial charge in [-0.15, -0.1) is 0 Å². The Hall–Kier alpha value is -6.74. The third-order valence-corrected chi connectivity index (χ3v) is 7.94. The first-order chi connectivity index (χ1) is 25.1. The molecule has 0 saturated carbocycles. The molecular weight excluding hydrogens is 707 g/mol. The van der Waals surface area contributed by atoms with Crippen LogP contribution in [0.1, 0.15) is 41.4 Å². The van der Waals surface area contributed by atoms with E-state index in [0.717, 1.165) is 43.1 Å². The number of carbonyl (C=O) groups is 4. The van der Waals surface area contributed by atoms with Gasteiger partial charge in [0.15, 0.2) is 0 Å². The van der Waals surface area contributed by atoms with Crippen LogP contribution in [-0.4, -0.2) is 23.9 Å². The Morgan fingerprint density at radius 3 is 0.604 bits per heavy atom. The smallest absolute Gasteiger partial charge is 0.545 e. The monoisotopic (exact) mass is 735 g/mol. The van der Waals surface area contributed by atoms with Gasteiger partial charge in [0.2, 0.25) is 0 Å². The van der Waals surface area contributed by atoms with E-state index < -0.39 is 23.9 Å². The van der Waals surface area contributed by atoms with E-state index in [4.69, 9.17) is 0 Å². The molecule has 0 aliphatic carbocycles. The SMILES string of the molecule is O=C([O-])c1ccc2ccccc2c1.O=C([O-])c1ccc2ccccc2c1.O=C([O-])c1ccc2ccccc2c1.O=C([O-])c1ccc2ccccc2c1.[V+4]. The molecule has 53 heavy (non-hydrogen) atoms. The Bertz CT molecular complexity index is 2210. The molecule has 0 amide bonds. The summed E-state index contributed by atoms with van der Waals surface area (Å²) < 4.78 is 0. The molecule has 0 bridgehead atoms. The predicted octanol–water partition coefficient (Wildman–Crippen LogP) is 4.81. The molecule has 1 radical (unpaired) electrons. The van der Waals surface area contributed by atoms with Gasteiger partial charge in [-0.1, -0.05) is 146 Å². The van der Waals surface area contributed by atoms with E-state index in [0.29, 0.717) is 0 Å². The second kappa shape index (κ2) is 18.5. The summed E-state index contributed by atoms with van der Waals surface area (Å²) in [5.74, 6) is -4.53. The van der Waals surface area contributed by atoms with E-state index in [1.165, 1.54) is 0 Å². The fraction of sp³-hybridized carbons (Fsp3) is 0. The summed E-state index contributed by atoms with van der Waals surface area (Å²) in [4.78, 5) is 42.1. The van der Waals surface area contributed by atoms with Crippen molar-refractivity contribution in [2.45, 2.75) is 0 Å². The first-order valence-electron chi connectivity index (χ1n) is 15.9. The number of hydrogen-bond donors (Lipinski definition) is 0. The topological polar surface area (TPSA) is 161 Å². The molecule has 0 saturated heterocycles. The summed E-state index contributed by atoms with van der Waals surface area (Å²) in [6.07, 6.45) is 0. The number of carboxylic acids is 4. The normalized spacial score (nSPS) is 9.96. The van der Waals surface area contributed by atoms with E-state index in [1.54, 1.807) is 72.8 Å². The Morgan fingerprint density at radius 1 is 0.264 bits per heavy atom. The second-order valence-corrected chi connectivity index (χ2v) is 11.4. The minimum absolute atomic E-state index is 0. The molecule has 8 aromatic carbocycles. The van der Waals surface area contributed by atoms with Crippen molar-refractivity contribution in [3.63, 3.8) is 0 Å².